The van der Waals surface area contributed by atoms with Gasteiger partial charge in [-0.05, 0) is 30.9 Å². The Labute approximate surface area is 132 Å². The molecule has 1 N–H and O–H groups in total. The number of thiazole rings is 1. The van der Waals surface area contributed by atoms with Crippen LogP contribution in [0, 0.1) is 0 Å². The lowest BCUT2D eigenvalue weighted by atomic mass is 10.0. The number of aryl methyl sites for hydroxylation is 1. The molecular weight excluding hydrogens is 276 g/mol. The van der Waals surface area contributed by atoms with Gasteiger partial charge in [0, 0.05) is 17.0 Å². The number of benzene rings is 1. The van der Waals surface area contributed by atoms with Gasteiger partial charge in [0.1, 0.15) is 5.01 Å². The van der Waals surface area contributed by atoms with Crippen LogP contribution >= 0.6 is 11.3 Å². The monoisotopic (exact) mass is 302 g/mol. The summed E-state index contributed by atoms with van der Waals surface area (Å²) in [5, 5.41) is 4.63. The maximum atomic E-state index is 4.83. The van der Waals surface area contributed by atoms with Crippen LogP contribution in [-0.4, -0.2) is 11.5 Å². The fourth-order valence-corrected chi connectivity index (χ4v) is 3.44. The standard InChI is InChI=1S/C18H26N2S/c1-5-11-19-12-17-16(6-2)20-18(21-17)15-9-7-14(8-10-15)13(3)4/h7-10,13,19H,5-6,11-12H2,1-4H3. The molecule has 21 heavy (non-hydrogen) atoms. The first-order valence-corrected chi connectivity index (χ1v) is 8.77. The van der Waals surface area contributed by atoms with Crippen molar-refractivity contribution in [3.05, 3.63) is 40.4 Å². The highest BCUT2D eigenvalue weighted by Crippen LogP contribution is 2.29. The van der Waals surface area contributed by atoms with E-state index in [4.69, 9.17) is 4.98 Å². The average molecular weight is 302 g/mol. The number of nitrogens with one attached hydrogen (secondary N) is 1. The lowest BCUT2D eigenvalue weighted by Gasteiger charge is -2.05. The molecule has 0 bridgehead atoms. The van der Waals surface area contributed by atoms with Crippen LogP contribution in [0.1, 0.15) is 56.2 Å². The molecule has 114 valence electrons. The first-order valence-electron chi connectivity index (χ1n) is 7.95. The quantitative estimate of drug-likeness (QED) is 0.728. The normalized spacial score (nSPS) is 11.3. The molecule has 0 spiro atoms. The van der Waals surface area contributed by atoms with Gasteiger partial charge in [0.05, 0.1) is 5.69 Å². The Morgan fingerprint density at radius 1 is 1.14 bits per heavy atom. The Balaban J connectivity index is 2.19. The van der Waals surface area contributed by atoms with Gasteiger partial charge in [-0.25, -0.2) is 4.98 Å². The lowest BCUT2D eigenvalue weighted by molar-refractivity contribution is 0.677. The Kier molecular flexibility index (Phi) is 5.95. The molecule has 0 unspecified atom stereocenters. The van der Waals surface area contributed by atoms with Gasteiger partial charge in [-0.2, -0.15) is 0 Å². The third kappa shape index (κ3) is 4.14. The smallest absolute Gasteiger partial charge is 0.123 e. The van der Waals surface area contributed by atoms with Gasteiger partial charge in [-0.15, -0.1) is 11.3 Å². The van der Waals surface area contributed by atoms with E-state index >= 15 is 0 Å². The van der Waals surface area contributed by atoms with E-state index in [2.05, 4.69) is 57.3 Å². The molecule has 2 aromatic rings. The first kappa shape index (κ1) is 16.2. The zero-order chi connectivity index (χ0) is 15.2. The van der Waals surface area contributed by atoms with Gasteiger partial charge in [-0.3, -0.25) is 0 Å². The molecular formula is C18H26N2S. The van der Waals surface area contributed by atoms with Crippen LogP contribution in [0.15, 0.2) is 24.3 Å². The van der Waals surface area contributed by atoms with E-state index in [9.17, 15) is 0 Å². The second-order valence-corrected chi connectivity index (χ2v) is 6.78. The molecule has 0 aliphatic rings. The molecule has 0 fully saturated rings. The molecule has 0 aliphatic carbocycles. The molecule has 0 radical (unpaired) electrons. The predicted octanol–water partition coefficient (Wildman–Crippen LogP) is 5.00. The van der Waals surface area contributed by atoms with E-state index in [-0.39, 0.29) is 0 Å². The van der Waals surface area contributed by atoms with Gasteiger partial charge in [-0.1, -0.05) is 52.0 Å². The molecule has 0 saturated heterocycles. The molecule has 2 nitrogen and oxygen atoms in total. The van der Waals surface area contributed by atoms with E-state index in [1.54, 1.807) is 0 Å². The number of hydrogen-bond acceptors (Lipinski definition) is 3. The van der Waals surface area contributed by atoms with Crippen molar-refractivity contribution in [3.8, 4) is 10.6 Å². The highest BCUT2D eigenvalue weighted by molar-refractivity contribution is 7.15. The van der Waals surface area contributed by atoms with Crippen molar-refractivity contribution in [3.63, 3.8) is 0 Å². The summed E-state index contributed by atoms with van der Waals surface area (Å²) in [5.74, 6) is 0.579. The van der Waals surface area contributed by atoms with Crippen molar-refractivity contribution in [2.45, 2.75) is 53.0 Å². The van der Waals surface area contributed by atoms with Gasteiger partial charge >= 0.3 is 0 Å². The summed E-state index contributed by atoms with van der Waals surface area (Å²) >= 11 is 1.83. The summed E-state index contributed by atoms with van der Waals surface area (Å²) in [4.78, 5) is 6.21. The molecule has 0 amide bonds. The molecule has 1 aromatic carbocycles. The minimum absolute atomic E-state index is 0.579. The zero-order valence-electron chi connectivity index (χ0n) is 13.6. The van der Waals surface area contributed by atoms with E-state index in [0.29, 0.717) is 5.92 Å². The van der Waals surface area contributed by atoms with E-state index in [1.165, 1.54) is 28.1 Å². The second kappa shape index (κ2) is 7.71. The van der Waals surface area contributed by atoms with Crippen LogP contribution in [0.3, 0.4) is 0 Å². The molecule has 1 heterocycles. The van der Waals surface area contributed by atoms with Gasteiger partial charge in [0.15, 0.2) is 0 Å². The summed E-state index contributed by atoms with van der Waals surface area (Å²) in [5.41, 5.74) is 3.86. The minimum atomic E-state index is 0.579. The second-order valence-electron chi connectivity index (χ2n) is 5.70. The Morgan fingerprint density at radius 2 is 1.86 bits per heavy atom. The van der Waals surface area contributed by atoms with Crippen molar-refractivity contribution in [1.82, 2.24) is 10.3 Å². The highest BCUT2D eigenvalue weighted by atomic mass is 32.1. The van der Waals surface area contributed by atoms with Crippen molar-refractivity contribution < 1.29 is 0 Å². The van der Waals surface area contributed by atoms with Crippen molar-refractivity contribution >= 4 is 11.3 Å². The number of hydrogen-bond donors (Lipinski definition) is 1. The third-order valence-electron chi connectivity index (χ3n) is 3.65. The molecule has 3 heteroatoms. The molecule has 2 rings (SSSR count). The number of nitrogens with zero attached hydrogens (tertiary/aromatic N) is 1. The molecule has 0 aliphatic heterocycles. The molecule has 0 saturated carbocycles. The largest absolute Gasteiger partial charge is 0.312 e. The van der Waals surface area contributed by atoms with Crippen molar-refractivity contribution in [2.24, 2.45) is 0 Å². The van der Waals surface area contributed by atoms with Crippen LogP contribution in [0.2, 0.25) is 0 Å². The van der Waals surface area contributed by atoms with Crippen LogP contribution in [-0.2, 0) is 13.0 Å². The van der Waals surface area contributed by atoms with E-state index in [0.717, 1.165) is 24.5 Å². The maximum absolute atomic E-state index is 4.83. The SMILES string of the molecule is CCCNCc1sc(-c2ccc(C(C)C)cc2)nc1CC. The van der Waals surface area contributed by atoms with E-state index < -0.39 is 0 Å². The first-order chi connectivity index (χ1) is 10.2. The van der Waals surface area contributed by atoms with Gasteiger partial charge in [0.25, 0.3) is 0 Å². The van der Waals surface area contributed by atoms with Crippen LogP contribution in [0.25, 0.3) is 10.6 Å². The van der Waals surface area contributed by atoms with Crippen LogP contribution in [0.5, 0.6) is 0 Å². The van der Waals surface area contributed by atoms with Crippen molar-refractivity contribution in [1.29, 1.82) is 0 Å². The van der Waals surface area contributed by atoms with Crippen LogP contribution < -0.4 is 5.32 Å². The maximum Gasteiger partial charge on any atom is 0.123 e. The summed E-state index contributed by atoms with van der Waals surface area (Å²) in [6, 6.07) is 8.86. The van der Waals surface area contributed by atoms with Gasteiger partial charge in [0.2, 0.25) is 0 Å². The lowest BCUT2D eigenvalue weighted by Crippen LogP contribution is -2.13. The van der Waals surface area contributed by atoms with Gasteiger partial charge < -0.3 is 5.32 Å². The topological polar surface area (TPSA) is 24.9 Å². The minimum Gasteiger partial charge on any atom is -0.312 e. The Bertz CT molecular complexity index is 555. The summed E-state index contributed by atoms with van der Waals surface area (Å²) < 4.78 is 0. The summed E-state index contributed by atoms with van der Waals surface area (Å²) in [6.07, 6.45) is 2.17. The predicted molar refractivity (Wildman–Crippen MR) is 93.0 cm³/mol. The summed E-state index contributed by atoms with van der Waals surface area (Å²) in [7, 11) is 0. The number of aromatic nitrogens is 1. The van der Waals surface area contributed by atoms with E-state index in [1.807, 2.05) is 11.3 Å². The Morgan fingerprint density at radius 3 is 2.43 bits per heavy atom. The third-order valence-corrected chi connectivity index (χ3v) is 4.80. The highest BCUT2D eigenvalue weighted by Gasteiger charge is 2.11. The molecule has 0 atom stereocenters. The molecule has 1 aromatic heterocycles. The van der Waals surface area contributed by atoms with Crippen LogP contribution in [0.4, 0.5) is 0 Å². The number of rotatable bonds is 7. The Hall–Kier alpha value is -1.19. The zero-order valence-corrected chi connectivity index (χ0v) is 14.4. The fourth-order valence-electron chi connectivity index (χ4n) is 2.31. The van der Waals surface area contributed by atoms with Crippen molar-refractivity contribution in [2.75, 3.05) is 6.54 Å². The summed E-state index contributed by atoms with van der Waals surface area (Å²) in [6.45, 7) is 10.8. The fraction of sp³-hybridized carbons (Fsp3) is 0.500. The average Bonchev–Trinajstić information content (AvgIpc) is 2.91.